The fourth-order valence-corrected chi connectivity index (χ4v) is 3.04. The van der Waals surface area contributed by atoms with E-state index in [0.29, 0.717) is 6.42 Å². The molecule has 0 amide bonds. The summed E-state index contributed by atoms with van der Waals surface area (Å²) in [5, 5.41) is 1.01. The summed E-state index contributed by atoms with van der Waals surface area (Å²) in [6.07, 6.45) is 1.64. The molecule has 0 unspecified atom stereocenters. The van der Waals surface area contributed by atoms with E-state index >= 15 is 0 Å². The minimum absolute atomic E-state index is 0.128. The summed E-state index contributed by atoms with van der Waals surface area (Å²) in [5.41, 5.74) is 0.866. The molecule has 0 aromatic carbocycles. The molecule has 1 heterocycles. The van der Waals surface area contributed by atoms with E-state index in [1.54, 1.807) is 11.3 Å². The van der Waals surface area contributed by atoms with Crippen LogP contribution < -0.4 is 0 Å². The van der Waals surface area contributed by atoms with Gasteiger partial charge in [-0.05, 0) is 18.8 Å². The molecule has 1 aromatic heterocycles. The van der Waals surface area contributed by atoms with Crippen molar-refractivity contribution in [2.24, 2.45) is 5.41 Å². The molecule has 0 fully saturated rings. The molecule has 0 spiro atoms. The zero-order chi connectivity index (χ0) is 13.6. The van der Waals surface area contributed by atoms with Gasteiger partial charge in [0.05, 0.1) is 5.01 Å². The number of fused-ring (bicyclic) bond motifs is 1. The Labute approximate surface area is 121 Å². The Morgan fingerprint density at radius 1 is 1.29 bits per heavy atom. The Bertz CT molecular complexity index is 375. The molecule has 5 heteroatoms. The minimum atomic E-state index is 0.128. The smallest absolute Gasteiger partial charge is 0.182 e. The number of rotatable bonds is 0. The highest BCUT2D eigenvalue weighted by Gasteiger charge is 2.33. The van der Waals surface area contributed by atoms with E-state index in [2.05, 4.69) is 18.8 Å². The number of hydrogen-bond acceptors (Lipinski definition) is 4. The number of aromatic nitrogens is 1. The van der Waals surface area contributed by atoms with Crippen molar-refractivity contribution in [1.29, 1.82) is 0 Å². The van der Waals surface area contributed by atoms with Gasteiger partial charge in [-0.1, -0.05) is 27.7 Å². The molecule has 17 heavy (non-hydrogen) atoms. The molecule has 0 saturated heterocycles. The second-order valence-corrected chi connectivity index (χ2v) is 5.73. The standard InChI is InChI=1S/C10H13NOS.C2H6.HIO/c1-6-11-9-7(12)4-10(2,3)5-8(9)13-6;2*1-2/h4-5H2,1-3H3;1-2H3;2H. The molecule has 0 bridgehead atoms. The number of carbonyl (C=O) groups excluding carboxylic acids is 1. The van der Waals surface area contributed by atoms with E-state index in [-0.39, 0.29) is 11.2 Å². The monoisotopic (exact) mass is 369 g/mol. The van der Waals surface area contributed by atoms with Gasteiger partial charge in [-0.25, -0.2) is 4.98 Å². The van der Waals surface area contributed by atoms with Crippen LogP contribution >= 0.6 is 34.3 Å². The van der Waals surface area contributed by atoms with Gasteiger partial charge in [0.2, 0.25) is 0 Å². The van der Waals surface area contributed by atoms with E-state index in [9.17, 15) is 4.79 Å². The summed E-state index contributed by atoms with van der Waals surface area (Å²) in [6, 6.07) is 0. The van der Waals surface area contributed by atoms with Gasteiger partial charge in [0.1, 0.15) is 28.7 Å². The molecule has 0 aliphatic heterocycles. The Kier molecular flexibility index (Phi) is 7.43. The van der Waals surface area contributed by atoms with Crippen molar-refractivity contribution in [3.63, 3.8) is 0 Å². The van der Waals surface area contributed by atoms with E-state index < -0.39 is 0 Å². The van der Waals surface area contributed by atoms with Gasteiger partial charge in [0.15, 0.2) is 5.78 Å². The van der Waals surface area contributed by atoms with Crippen LogP contribution in [0.4, 0.5) is 0 Å². The fourth-order valence-electron chi connectivity index (χ4n) is 1.82. The highest BCUT2D eigenvalue weighted by Crippen LogP contribution is 2.36. The first-order chi connectivity index (χ1) is 7.98. The van der Waals surface area contributed by atoms with Crippen molar-refractivity contribution in [1.82, 2.24) is 4.98 Å². The third-order valence-electron chi connectivity index (χ3n) is 2.35. The van der Waals surface area contributed by atoms with Crippen molar-refractivity contribution >= 4 is 40.1 Å². The molecule has 1 N–H and O–H groups in total. The van der Waals surface area contributed by atoms with Crippen molar-refractivity contribution in [3.8, 4) is 0 Å². The van der Waals surface area contributed by atoms with E-state index in [0.717, 1.165) is 40.1 Å². The number of ketones is 1. The Morgan fingerprint density at radius 3 is 2.35 bits per heavy atom. The van der Waals surface area contributed by atoms with Gasteiger partial charge in [-0.3, -0.25) is 4.79 Å². The molecule has 0 atom stereocenters. The average molecular weight is 369 g/mol. The molecule has 3 nitrogen and oxygen atoms in total. The summed E-state index contributed by atoms with van der Waals surface area (Å²) in [5.74, 6) is 0.218. The average Bonchev–Trinajstić information content (AvgIpc) is 2.63. The van der Waals surface area contributed by atoms with Crippen LogP contribution in [0.25, 0.3) is 0 Å². The number of thiazole rings is 1. The second-order valence-electron chi connectivity index (χ2n) is 4.45. The minimum Gasteiger partial charge on any atom is -0.331 e. The maximum Gasteiger partial charge on any atom is 0.182 e. The van der Waals surface area contributed by atoms with Crippen LogP contribution in [0.3, 0.4) is 0 Å². The largest absolute Gasteiger partial charge is 0.331 e. The van der Waals surface area contributed by atoms with E-state index in [4.69, 9.17) is 3.44 Å². The zero-order valence-electron chi connectivity index (χ0n) is 11.0. The Balaban J connectivity index is 0.000000581. The van der Waals surface area contributed by atoms with E-state index in [1.165, 1.54) is 4.88 Å². The topological polar surface area (TPSA) is 50.2 Å². The summed E-state index contributed by atoms with van der Waals surface area (Å²) >= 11 is 2.81. The van der Waals surface area contributed by atoms with Crippen molar-refractivity contribution in [3.05, 3.63) is 15.6 Å². The van der Waals surface area contributed by atoms with Crippen LogP contribution in [0.1, 0.15) is 54.5 Å². The van der Waals surface area contributed by atoms with Gasteiger partial charge in [-0.2, -0.15) is 0 Å². The van der Waals surface area contributed by atoms with Crippen LogP contribution in [0.2, 0.25) is 0 Å². The highest BCUT2D eigenvalue weighted by atomic mass is 127. The lowest BCUT2D eigenvalue weighted by Gasteiger charge is -2.26. The maximum absolute atomic E-state index is 11.7. The summed E-state index contributed by atoms with van der Waals surface area (Å²) < 4.78 is 6.97. The summed E-state index contributed by atoms with van der Waals surface area (Å²) in [6.45, 7) is 10.2. The maximum atomic E-state index is 11.7. The number of Topliss-reactive ketones (excluding diaryl/α,β-unsaturated/α-hetero) is 1. The molecular weight excluding hydrogens is 349 g/mol. The summed E-state index contributed by atoms with van der Waals surface area (Å²) in [4.78, 5) is 17.1. The Hall–Kier alpha value is -0.0100. The highest BCUT2D eigenvalue weighted by molar-refractivity contribution is 14.1. The first-order valence-corrected chi connectivity index (χ1v) is 7.42. The van der Waals surface area contributed by atoms with Gasteiger partial charge < -0.3 is 3.44 Å². The quantitative estimate of drug-likeness (QED) is 0.705. The lowest BCUT2D eigenvalue weighted by Crippen LogP contribution is -2.26. The number of aryl methyl sites for hydroxylation is 1. The number of nitrogens with zero attached hydrogens (tertiary/aromatic N) is 1. The first kappa shape index (κ1) is 17.0. The van der Waals surface area contributed by atoms with Crippen LogP contribution in [0.15, 0.2) is 0 Å². The van der Waals surface area contributed by atoms with E-state index in [1.807, 2.05) is 20.8 Å². The molecule has 0 radical (unpaired) electrons. The molecule has 98 valence electrons. The third kappa shape index (κ3) is 4.63. The lowest BCUT2D eigenvalue weighted by atomic mass is 9.78. The molecule has 0 saturated carbocycles. The molecule has 2 rings (SSSR count). The third-order valence-corrected chi connectivity index (χ3v) is 3.32. The number of hydrogen-bond donors (Lipinski definition) is 1. The van der Waals surface area contributed by atoms with Gasteiger partial charge in [0.25, 0.3) is 0 Å². The molecule has 1 aromatic rings. The predicted molar refractivity (Wildman–Crippen MR) is 80.9 cm³/mol. The summed E-state index contributed by atoms with van der Waals surface area (Å²) in [7, 11) is 0. The number of halogens is 1. The molecular formula is C12H20INO2S. The van der Waals surface area contributed by atoms with Crippen LogP contribution in [0.5, 0.6) is 0 Å². The molecule has 1 aliphatic carbocycles. The van der Waals surface area contributed by atoms with Crippen molar-refractivity contribution in [2.75, 3.05) is 0 Å². The van der Waals surface area contributed by atoms with Crippen LogP contribution in [-0.2, 0) is 6.42 Å². The fraction of sp³-hybridized carbons (Fsp3) is 0.667. The SMILES string of the molecule is CC.Cc1nc2c(s1)CC(C)(C)CC2=O.OI. The van der Waals surface area contributed by atoms with Gasteiger partial charge in [0, 0.05) is 11.3 Å². The van der Waals surface area contributed by atoms with Crippen molar-refractivity contribution < 1.29 is 8.23 Å². The Morgan fingerprint density at radius 2 is 1.82 bits per heavy atom. The van der Waals surface area contributed by atoms with Crippen LogP contribution in [0, 0.1) is 12.3 Å². The zero-order valence-corrected chi connectivity index (χ0v) is 14.0. The second kappa shape index (κ2) is 7.43. The van der Waals surface area contributed by atoms with Crippen molar-refractivity contribution in [2.45, 2.75) is 47.5 Å². The van der Waals surface area contributed by atoms with Gasteiger partial charge >= 0.3 is 0 Å². The van der Waals surface area contributed by atoms with Gasteiger partial charge in [-0.15, -0.1) is 11.3 Å². The van der Waals surface area contributed by atoms with Crippen LogP contribution in [-0.4, -0.2) is 14.2 Å². The first-order valence-electron chi connectivity index (χ1n) is 5.64. The number of carbonyl (C=O) groups is 1. The lowest BCUT2D eigenvalue weighted by molar-refractivity contribution is 0.0908. The normalized spacial score (nSPS) is 16.1. The molecule has 1 aliphatic rings. The predicted octanol–water partition coefficient (Wildman–Crippen LogP) is 3.96.